The number of carboxylic acid groups (broad SMARTS) is 1. The number of rotatable bonds is 3. The Bertz CT molecular complexity index is 757. The van der Waals surface area contributed by atoms with Crippen LogP contribution in [0.15, 0.2) is 28.8 Å². The Morgan fingerprint density at radius 2 is 2.32 bits per heavy atom. The molecule has 0 saturated carbocycles. The summed E-state index contributed by atoms with van der Waals surface area (Å²) in [5, 5.41) is 8.71. The second-order valence-corrected chi connectivity index (χ2v) is 4.23. The van der Waals surface area contributed by atoms with E-state index >= 15 is 0 Å². The lowest BCUT2D eigenvalue weighted by Crippen LogP contribution is -2.01. The fraction of sp³-hybridized carbons (Fsp3) is 0.154. The fourth-order valence-corrected chi connectivity index (χ4v) is 1.95. The highest BCUT2D eigenvalue weighted by atomic mass is 16.4. The molecule has 2 aromatic heterocycles. The van der Waals surface area contributed by atoms with Crippen LogP contribution >= 0.6 is 0 Å². The van der Waals surface area contributed by atoms with E-state index in [1.54, 1.807) is 13.1 Å². The minimum Gasteiger partial charge on any atom is -0.481 e. The standard InChI is InChI=1S/C13H11N3O3/c1-7-15-9-3-2-8(4-11(9)19-7)10-6-14-12(16-10)5-13(17)18/h2-4,6H,5H2,1H3,(H,14,16)(H,17,18). The maximum atomic E-state index is 10.6. The number of aliphatic carboxylic acids is 1. The molecule has 0 saturated heterocycles. The van der Waals surface area contributed by atoms with Crippen LogP contribution < -0.4 is 0 Å². The first-order valence-electron chi connectivity index (χ1n) is 5.75. The molecule has 2 heterocycles. The Balaban J connectivity index is 1.98. The Kier molecular flexibility index (Phi) is 2.56. The number of fused-ring (bicyclic) bond motifs is 1. The molecular formula is C13H11N3O3. The van der Waals surface area contributed by atoms with Gasteiger partial charge in [0.15, 0.2) is 11.5 Å². The summed E-state index contributed by atoms with van der Waals surface area (Å²) in [6.07, 6.45) is 1.49. The summed E-state index contributed by atoms with van der Waals surface area (Å²) in [4.78, 5) is 21.8. The quantitative estimate of drug-likeness (QED) is 0.750. The van der Waals surface area contributed by atoms with Crippen LogP contribution in [0.4, 0.5) is 0 Å². The molecule has 6 heteroatoms. The first-order valence-corrected chi connectivity index (χ1v) is 5.75. The number of carbonyl (C=O) groups is 1. The normalized spacial score (nSPS) is 11.0. The Morgan fingerprint density at radius 3 is 3.11 bits per heavy atom. The van der Waals surface area contributed by atoms with E-state index in [4.69, 9.17) is 9.52 Å². The van der Waals surface area contributed by atoms with E-state index in [1.165, 1.54) is 0 Å². The first kappa shape index (κ1) is 11.5. The lowest BCUT2D eigenvalue weighted by molar-refractivity contribution is -0.136. The van der Waals surface area contributed by atoms with Gasteiger partial charge in [0, 0.05) is 12.5 Å². The summed E-state index contributed by atoms with van der Waals surface area (Å²) >= 11 is 0. The van der Waals surface area contributed by atoms with Crippen molar-refractivity contribution < 1.29 is 14.3 Å². The number of H-pyrrole nitrogens is 1. The number of oxazole rings is 1. The van der Waals surface area contributed by atoms with Crippen LogP contribution in [0.1, 0.15) is 11.7 Å². The van der Waals surface area contributed by atoms with Gasteiger partial charge in [0.1, 0.15) is 17.8 Å². The number of aromatic nitrogens is 3. The van der Waals surface area contributed by atoms with Gasteiger partial charge < -0.3 is 14.5 Å². The van der Waals surface area contributed by atoms with Crippen molar-refractivity contribution in [1.29, 1.82) is 0 Å². The highest BCUT2D eigenvalue weighted by molar-refractivity contribution is 5.79. The van der Waals surface area contributed by atoms with E-state index in [2.05, 4.69) is 15.0 Å². The molecule has 0 aliphatic carbocycles. The fourth-order valence-electron chi connectivity index (χ4n) is 1.95. The van der Waals surface area contributed by atoms with Gasteiger partial charge in [-0.3, -0.25) is 4.79 Å². The van der Waals surface area contributed by atoms with Crippen LogP contribution in [-0.4, -0.2) is 26.0 Å². The van der Waals surface area contributed by atoms with Crippen molar-refractivity contribution in [3.8, 4) is 11.3 Å². The third kappa shape index (κ3) is 2.20. The minimum absolute atomic E-state index is 0.121. The van der Waals surface area contributed by atoms with Crippen molar-refractivity contribution in [3.63, 3.8) is 0 Å². The molecule has 0 fully saturated rings. The number of imidazole rings is 1. The molecule has 3 aromatic rings. The van der Waals surface area contributed by atoms with Gasteiger partial charge in [-0.05, 0) is 12.1 Å². The van der Waals surface area contributed by atoms with Gasteiger partial charge in [-0.15, -0.1) is 0 Å². The topological polar surface area (TPSA) is 92.0 Å². The average molecular weight is 257 g/mol. The molecule has 19 heavy (non-hydrogen) atoms. The number of nitrogens with one attached hydrogen (secondary N) is 1. The third-order valence-corrected chi connectivity index (χ3v) is 2.75. The van der Waals surface area contributed by atoms with Gasteiger partial charge in [-0.2, -0.15) is 0 Å². The van der Waals surface area contributed by atoms with Crippen LogP contribution in [0.3, 0.4) is 0 Å². The maximum absolute atomic E-state index is 10.6. The van der Waals surface area contributed by atoms with Gasteiger partial charge in [0.05, 0.1) is 11.9 Å². The van der Waals surface area contributed by atoms with Crippen LogP contribution in [-0.2, 0) is 11.2 Å². The number of hydrogen-bond acceptors (Lipinski definition) is 4. The molecule has 3 rings (SSSR count). The predicted molar refractivity (Wildman–Crippen MR) is 67.7 cm³/mol. The maximum Gasteiger partial charge on any atom is 0.311 e. The molecule has 96 valence electrons. The third-order valence-electron chi connectivity index (χ3n) is 2.75. The molecule has 0 aliphatic rings. The Labute approximate surface area is 108 Å². The number of benzene rings is 1. The number of carboxylic acids is 1. The van der Waals surface area contributed by atoms with E-state index in [1.807, 2.05) is 18.2 Å². The number of aromatic amines is 1. The zero-order valence-electron chi connectivity index (χ0n) is 10.2. The first-order chi connectivity index (χ1) is 9.11. The van der Waals surface area contributed by atoms with Crippen molar-refractivity contribution in [3.05, 3.63) is 36.1 Å². The van der Waals surface area contributed by atoms with E-state index in [0.29, 0.717) is 17.3 Å². The summed E-state index contributed by atoms with van der Waals surface area (Å²) in [5.41, 5.74) is 3.14. The highest BCUT2D eigenvalue weighted by Crippen LogP contribution is 2.23. The van der Waals surface area contributed by atoms with Crippen molar-refractivity contribution >= 4 is 17.1 Å². The molecule has 0 spiro atoms. The molecule has 6 nitrogen and oxygen atoms in total. The molecule has 0 amide bonds. The van der Waals surface area contributed by atoms with Gasteiger partial charge in [-0.25, -0.2) is 9.97 Å². The summed E-state index contributed by atoms with van der Waals surface area (Å²) in [7, 11) is 0. The number of nitrogens with zero attached hydrogens (tertiary/aromatic N) is 2. The largest absolute Gasteiger partial charge is 0.481 e. The zero-order chi connectivity index (χ0) is 13.4. The smallest absolute Gasteiger partial charge is 0.311 e. The lowest BCUT2D eigenvalue weighted by atomic mass is 10.1. The van der Waals surface area contributed by atoms with Crippen molar-refractivity contribution in [1.82, 2.24) is 15.0 Å². The highest BCUT2D eigenvalue weighted by Gasteiger charge is 2.09. The van der Waals surface area contributed by atoms with E-state index < -0.39 is 5.97 Å². The average Bonchev–Trinajstić information content (AvgIpc) is 2.92. The van der Waals surface area contributed by atoms with Crippen molar-refractivity contribution in [2.24, 2.45) is 0 Å². The summed E-state index contributed by atoms with van der Waals surface area (Å²) < 4.78 is 5.46. The van der Waals surface area contributed by atoms with Crippen molar-refractivity contribution in [2.75, 3.05) is 0 Å². The number of aryl methyl sites for hydroxylation is 1. The van der Waals surface area contributed by atoms with E-state index in [9.17, 15) is 4.79 Å². The van der Waals surface area contributed by atoms with Crippen LogP contribution in [0.5, 0.6) is 0 Å². The second kappa shape index (κ2) is 4.24. The van der Waals surface area contributed by atoms with Crippen LogP contribution in [0, 0.1) is 6.92 Å². The SMILES string of the molecule is Cc1nc2ccc(-c3cnc(CC(=O)O)[nH]3)cc2o1. The monoisotopic (exact) mass is 257 g/mol. The summed E-state index contributed by atoms with van der Waals surface area (Å²) in [6, 6.07) is 5.61. The molecule has 0 aliphatic heterocycles. The number of hydrogen-bond donors (Lipinski definition) is 2. The Morgan fingerprint density at radius 1 is 1.47 bits per heavy atom. The minimum atomic E-state index is -0.915. The predicted octanol–water partition coefficient (Wildman–Crippen LogP) is 2.15. The van der Waals surface area contributed by atoms with Crippen LogP contribution in [0.25, 0.3) is 22.4 Å². The van der Waals surface area contributed by atoms with Gasteiger partial charge in [0.2, 0.25) is 0 Å². The van der Waals surface area contributed by atoms with Gasteiger partial charge in [-0.1, -0.05) is 6.07 Å². The van der Waals surface area contributed by atoms with Crippen LogP contribution in [0.2, 0.25) is 0 Å². The molecule has 2 N–H and O–H groups in total. The van der Waals surface area contributed by atoms with Gasteiger partial charge in [0.25, 0.3) is 0 Å². The van der Waals surface area contributed by atoms with Gasteiger partial charge >= 0.3 is 5.97 Å². The van der Waals surface area contributed by atoms with Crippen molar-refractivity contribution in [2.45, 2.75) is 13.3 Å². The Hall–Kier alpha value is -2.63. The zero-order valence-corrected chi connectivity index (χ0v) is 10.2. The molecule has 0 radical (unpaired) electrons. The molecule has 1 aromatic carbocycles. The molecular weight excluding hydrogens is 246 g/mol. The molecule has 0 bridgehead atoms. The summed E-state index contributed by atoms with van der Waals surface area (Å²) in [6.45, 7) is 1.79. The summed E-state index contributed by atoms with van der Waals surface area (Å²) in [5.74, 6) is 0.127. The second-order valence-electron chi connectivity index (χ2n) is 4.23. The molecule has 0 unspecified atom stereocenters. The van der Waals surface area contributed by atoms with E-state index in [-0.39, 0.29) is 6.42 Å². The lowest BCUT2D eigenvalue weighted by Gasteiger charge is -1.96. The van der Waals surface area contributed by atoms with E-state index in [0.717, 1.165) is 16.8 Å². The molecule has 0 atom stereocenters.